The van der Waals surface area contributed by atoms with Gasteiger partial charge >= 0.3 is 0 Å². The fourth-order valence-corrected chi connectivity index (χ4v) is 3.86. The first kappa shape index (κ1) is 24.3. The van der Waals surface area contributed by atoms with Crippen molar-refractivity contribution in [2.75, 3.05) is 11.1 Å². The van der Waals surface area contributed by atoms with Crippen LogP contribution in [0.15, 0.2) is 53.7 Å². The lowest BCUT2D eigenvalue weighted by molar-refractivity contribution is -0.113. The van der Waals surface area contributed by atoms with E-state index >= 15 is 0 Å². The van der Waals surface area contributed by atoms with E-state index in [1.165, 1.54) is 17.3 Å². The SMILES string of the molecule is CCc1ccc(OCc2nnc(SCC(=O)Nc3ccc(C(N)=O)cc3)n2CC(C)C)cc1. The Balaban J connectivity index is 1.61. The summed E-state index contributed by atoms with van der Waals surface area (Å²) >= 11 is 1.32. The number of hydrogen-bond acceptors (Lipinski definition) is 6. The molecule has 8 nitrogen and oxygen atoms in total. The smallest absolute Gasteiger partial charge is 0.248 e. The van der Waals surface area contributed by atoms with Crippen LogP contribution in [0, 0.1) is 5.92 Å². The van der Waals surface area contributed by atoms with Gasteiger partial charge in [-0.25, -0.2) is 0 Å². The third kappa shape index (κ3) is 7.08. The summed E-state index contributed by atoms with van der Waals surface area (Å²) in [5.41, 5.74) is 7.48. The first-order chi connectivity index (χ1) is 15.9. The normalized spacial score (nSPS) is 10.9. The van der Waals surface area contributed by atoms with Crippen molar-refractivity contribution < 1.29 is 14.3 Å². The number of hydrogen-bond donors (Lipinski definition) is 2. The Kier molecular flexibility index (Phi) is 8.48. The van der Waals surface area contributed by atoms with Gasteiger partial charge in [0.1, 0.15) is 12.4 Å². The monoisotopic (exact) mass is 467 g/mol. The minimum absolute atomic E-state index is 0.174. The molecule has 0 bridgehead atoms. The number of nitrogens with one attached hydrogen (secondary N) is 1. The second-order valence-electron chi connectivity index (χ2n) is 7.97. The lowest BCUT2D eigenvalue weighted by atomic mass is 10.2. The number of ether oxygens (including phenoxy) is 1. The molecular formula is C24H29N5O3S. The molecule has 3 rings (SSSR count). The highest BCUT2D eigenvalue weighted by Crippen LogP contribution is 2.21. The largest absolute Gasteiger partial charge is 0.486 e. The van der Waals surface area contributed by atoms with Gasteiger partial charge in [0.25, 0.3) is 0 Å². The molecular weight excluding hydrogens is 438 g/mol. The molecule has 174 valence electrons. The highest BCUT2D eigenvalue weighted by Gasteiger charge is 2.16. The molecule has 0 fully saturated rings. The van der Waals surface area contributed by atoms with Gasteiger partial charge < -0.3 is 20.4 Å². The molecule has 3 aromatic rings. The van der Waals surface area contributed by atoms with Gasteiger partial charge in [-0.05, 0) is 54.3 Å². The van der Waals surface area contributed by atoms with Crippen molar-refractivity contribution in [3.8, 4) is 5.75 Å². The fourth-order valence-electron chi connectivity index (χ4n) is 3.10. The Labute approximate surface area is 197 Å². The van der Waals surface area contributed by atoms with Crippen LogP contribution in [0.2, 0.25) is 0 Å². The Morgan fingerprint density at radius 2 is 1.79 bits per heavy atom. The summed E-state index contributed by atoms with van der Waals surface area (Å²) in [4.78, 5) is 23.6. The van der Waals surface area contributed by atoms with E-state index in [0.29, 0.717) is 34.8 Å². The van der Waals surface area contributed by atoms with Crippen molar-refractivity contribution in [1.29, 1.82) is 0 Å². The number of anilines is 1. The Morgan fingerprint density at radius 3 is 2.39 bits per heavy atom. The maximum absolute atomic E-state index is 12.4. The summed E-state index contributed by atoms with van der Waals surface area (Å²) < 4.78 is 7.92. The van der Waals surface area contributed by atoms with Gasteiger partial charge in [0, 0.05) is 17.8 Å². The molecule has 0 aliphatic heterocycles. The number of amides is 2. The molecule has 9 heteroatoms. The van der Waals surface area contributed by atoms with Crippen LogP contribution in [0.3, 0.4) is 0 Å². The molecule has 1 aromatic heterocycles. The van der Waals surface area contributed by atoms with Crippen LogP contribution in [0.1, 0.15) is 42.5 Å². The van der Waals surface area contributed by atoms with Gasteiger partial charge in [-0.2, -0.15) is 0 Å². The lowest BCUT2D eigenvalue weighted by Gasteiger charge is -2.13. The second-order valence-corrected chi connectivity index (χ2v) is 8.91. The van der Waals surface area contributed by atoms with E-state index in [4.69, 9.17) is 10.5 Å². The predicted molar refractivity (Wildman–Crippen MR) is 129 cm³/mol. The van der Waals surface area contributed by atoms with E-state index < -0.39 is 5.91 Å². The average molecular weight is 468 g/mol. The number of rotatable bonds is 11. The first-order valence-electron chi connectivity index (χ1n) is 10.8. The van der Waals surface area contributed by atoms with Gasteiger partial charge in [-0.15, -0.1) is 10.2 Å². The number of nitrogens with two attached hydrogens (primary N) is 1. The van der Waals surface area contributed by atoms with E-state index in [-0.39, 0.29) is 11.7 Å². The van der Waals surface area contributed by atoms with Gasteiger partial charge in [-0.3, -0.25) is 9.59 Å². The third-order valence-electron chi connectivity index (χ3n) is 4.83. The Bertz CT molecular complexity index is 1080. The van der Waals surface area contributed by atoms with Crippen molar-refractivity contribution in [2.24, 2.45) is 11.7 Å². The van der Waals surface area contributed by atoms with Gasteiger partial charge in [0.15, 0.2) is 11.0 Å². The summed E-state index contributed by atoms with van der Waals surface area (Å²) in [7, 11) is 0. The van der Waals surface area contributed by atoms with Crippen LogP contribution >= 0.6 is 11.8 Å². The van der Waals surface area contributed by atoms with Crippen molar-refractivity contribution >= 4 is 29.3 Å². The highest BCUT2D eigenvalue weighted by atomic mass is 32.2. The molecule has 2 aromatic carbocycles. The molecule has 0 atom stereocenters. The maximum Gasteiger partial charge on any atom is 0.248 e. The third-order valence-corrected chi connectivity index (χ3v) is 5.79. The van der Waals surface area contributed by atoms with Crippen molar-refractivity contribution in [3.63, 3.8) is 0 Å². The van der Waals surface area contributed by atoms with Crippen LogP contribution in [0.4, 0.5) is 5.69 Å². The minimum Gasteiger partial charge on any atom is -0.486 e. The van der Waals surface area contributed by atoms with Crippen molar-refractivity contribution in [1.82, 2.24) is 14.8 Å². The Morgan fingerprint density at radius 1 is 1.09 bits per heavy atom. The highest BCUT2D eigenvalue weighted by molar-refractivity contribution is 7.99. The van der Waals surface area contributed by atoms with Crippen LogP contribution in [-0.2, 0) is 24.4 Å². The zero-order valence-corrected chi connectivity index (χ0v) is 19.9. The number of nitrogens with zero attached hydrogens (tertiary/aromatic N) is 3. The van der Waals surface area contributed by atoms with E-state index in [1.807, 2.05) is 16.7 Å². The number of aromatic nitrogens is 3. The molecule has 0 aliphatic rings. The zero-order valence-electron chi connectivity index (χ0n) is 19.1. The number of thioether (sulfide) groups is 1. The van der Waals surface area contributed by atoms with Gasteiger partial charge in [0.05, 0.1) is 5.75 Å². The molecule has 3 N–H and O–H groups in total. The molecule has 1 heterocycles. The first-order valence-corrected chi connectivity index (χ1v) is 11.8. The number of carbonyl (C=O) groups excluding carboxylic acids is 2. The van der Waals surface area contributed by atoms with E-state index in [0.717, 1.165) is 18.7 Å². The van der Waals surface area contributed by atoms with Gasteiger partial charge in [0.2, 0.25) is 11.8 Å². The summed E-state index contributed by atoms with van der Waals surface area (Å²) in [5, 5.41) is 12.1. The fraction of sp³-hybridized carbons (Fsp3) is 0.333. The topological polar surface area (TPSA) is 112 Å². The number of benzene rings is 2. The van der Waals surface area contributed by atoms with Crippen molar-refractivity contribution in [2.45, 2.75) is 45.5 Å². The lowest BCUT2D eigenvalue weighted by Crippen LogP contribution is -2.16. The summed E-state index contributed by atoms with van der Waals surface area (Å²) in [6, 6.07) is 14.5. The summed E-state index contributed by atoms with van der Waals surface area (Å²) in [6.07, 6.45) is 0.982. The molecule has 0 radical (unpaired) electrons. The Hall–Kier alpha value is -3.33. The second kappa shape index (κ2) is 11.5. The molecule has 0 saturated carbocycles. The summed E-state index contributed by atoms with van der Waals surface area (Å²) in [5.74, 6) is 1.36. The van der Waals surface area contributed by atoms with Gasteiger partial charge in [-0.1, -0.05) is 44.7 Å². The molecule has 0 spiro atoms. The number of carbonyl (C=O) groups is 2. The summed E-state index contributed by atoms with van der Waals surface area (Å²) in [6.45, 7) is 7.36. The van der Waals surface area contributed by atoms with Crippen LogP contribution < -0.4 is 15.8 Å². The number of aryl methyl sites for hydroxylation is 1. The molecule has 0 saturated heterocycles. The molecule has 2 amide bonds. The predicted octanol–water partition coefficient (Wildman–Crippen LogP) is 3.91. The van der Waals surface area contributed by atoms with E-state index in [2.05, 4.69) is 48.4 Å². The van der Waals surface area contributed by atoms with Crippen molar-refractivity contribution in [3.05, 3.63) is 65.5 Å². The quantitative estimate of drug-likeness (QED) is 0.414. The van der Waals surface area contributed by atoms with E-state index in [1.54, 1.807) is 24.3 Å². The number of primary amides is 1. The van der Waals surface area contributed by atoms with Crippen LogP contribution in [-0.4, -0.2) is 32.3 Å². The minimum atomic E-state index is -0.509. The maximum atomic E-state index is 12.4. The van der Waals surface area contributed by atoms with Crippen LogP contribution in [0.25, 0.3) is 0 Å². The molecule has 0 unspecified atom stereocenters. The zero-order chi connectivity index (χ0) is 23.8. The average Bonchev–Trinajstić information content (AvgIpc) is 3.17. The molecule has 33 heavy (non-hydrogen) atoms. The van der Waals surface area contributed by atoms with Crippen LogP contribution in [0.5, 0.6) is 5.75 Å². The standard InChI is InChI=1S/C24H29N5O3S/c1-4-17-5-11-20(12-6-17)32-14-21-27-28-24(29(21)13-16(2)3)33-15-22(30)26-19-9-7-18(8-10-19)23(25)31/h5-12,16H,4,13-15H2,1-3H3,(H2,25,31)(H,26,30). The van der Waals surface area contributed by atoms with E-state index in [9.17, 15) is 9.59 Å². The molecule has 0 aliphatic carbocycles.